The third kappa shape index (κ3) is 4.66. The summed E-state index contributed by atoms with van der Waals surface area (Å²) in [5, 5.41) is 3.99. The van der Waals surface area contributed by atoms with Crippen molar-refractivity contribution in [3.8, 4) is 11.5 Å². The first-order valence-corrected chi connectivity index (χ1v) is 10.3. The minimum Gasteiger partial charge on any atom is -0.496 e. The van der Waals surface area contributed by atoms with E-state index in [1.54, 1.807) is 25.3 Å². The summed E-state index contributed by atoms with van der Waals surface area (Å²) in [5.41, 5.74) is 1.73. The lowest BCUT2D eigenvalue weighted by Gasteiger charge is -2.32. The monoisotopic (exact) mass is 408 g/mol. The molecule has 4 rings (SSSR count). The van der Waals surface area contributed by atoms with Crippen molar-refractivity contribution in [2.45, 2.75) is 32.0 Å². The van der Waals surface area contributed by atoms with E-state index in [9.17, 15) is 4.79 Å². The molecule has 1 saturated heterocycles. The molecule has 30 heavy (non-hydrogen) atoms. The highest BCUT2D eigenvalue weighted by Gasteiger charge is 2.19. The number of hydrogen-bond donors (Lipinski definition) is 1. The van der Waals surface area contributed by atoms with Gasteiger partial charge in [0.1, 0.15) is 28.2 Å². The predicted molar refractivity (Wildman–Crippen MR) is 117 cm³/mol. The molecule has 158 valence electrons. The summed E-state index contributed by atoms with van der Waals surface area (Å²) in [6.45, 7) is 3.64. The molecule has 1 fully saturated rings. The average molecular weight is 408 g/mol. The van der Waals surface area contributed by atoms with E-state index in [0.717, 1.165) is 32.5 Å². The number of piperidine rings is 1. The van der Waals surface area contributed by atoms with Crippen molar-refractivity contribution in [3.63, 3.8) is 0 Å². The number of hydrogen-bond acceptors (Lipinski definition) is 6. The number of ether oxygens (including phenoxy) is 2. The first kappa shape index (κ1) is 20.4. The molecule has 6 nitrogen and oxygen atoms in total. The number of methoxy groups -OCH3 is 2. The molecule has 1 aliphatic rings. The minimum absolute atomic E-state index is 0.106. The van der Waals surface area contributed by atoms with E-state index in [2.05, 4.69) is 40.5 Å². The van der Waals surface area contributed by atoms with Crippen LogP contribution in [0.3, 0.4) is 0 Å². The van der Waals surface area contributed by atoms with Crippen LogP contribution in [0.25, 0.3) is 11.0 Å². The highest BCUT2D eigenvalue weighted by Crippen LogP contribution is 2.29. The summed E-state index contributed by atoms with van der Waals surface area (Å²) in [6, 6.07) is 16.0. The van der Waals surface area contributed by atoms with Crippen LogP contribution in [-0.4, -0.2) is 38.3 Å². The number of likely N-dealkylation sites (tertiary alicyclic amines) is 1. The van der Waals surface area contributed by atoms with Crippen LogP contribution in [0, 0.1) is 0 Å². The van der Waals surface area contributed by atoms with Gasteiger partial charge in [0.15, 0.2) is 5.43 Å². The van der Waals surface area contributed by atoms with Gasteiger partial charge in [0, 0.05) is 30.8 Å². The van der Waals surface area contributed by atoms with Crippen LogP contribution < -0.4 is 20.2 Å². The maximum Gasteiger partial charge on any atom is 0.196 e. The lowest BCUT2D eigenvalue weighted by atomic mass is 10.0. The Balaban J connectivity index is 1.38. The maximum atomic E-state index is 12.6. The molecule has 0 saturated carbocycles. The first-order chi connectivity index (χ1) is 14.7. The molecule has 2 aromatic carbocycles. The fourth-order valence-electron chi connectivity index (χ4n) is 4.03. The second-order valence-electron chi connectivity index (χ2n) is 7.70. The fourth-order valence-corrected chi connectivity index (χ4v) is 4.03. The minimum atomic E-state index is -0.106. The summed E-state index contributed by atoms with van der Waals surface area (Å²) >= 11 is 0. The molecule has 3 aromatic rings. The van der Waals surface area contributed by atoms with Crippen molar-refractivity contribution in [1.29, 1.82) is 0 Å². The molecular formula is C24H28N2O4. The molecule has 2 heterocycles. The highest BCUT2D eigenvalue weighted by atomic mass is 16.5. The van der Waals surface area contributed by atoms with Crippen LogP contribution in [0.1, 0.15) is 24.2 Å². The van der Waals surface area contributed by atoms with Gasteiger partial charge in [-0.2, -0.15) is 0 Å². The number of rotatable bonds is 7. The molecule has 0 amide bonds. The Bertz CT molecular complexity index is 1040. The van der Waals surface area contributed by atoms with E-state index in [-0.39, 0.29) is 5.43 Å². The van der Waals surface area contributed by atoms with Crippen molar-refractivity contribution in [1.82, 2.24) is 10.2 Å². The van der Waals surface area contributed by atoms with Crippen LogP contribution in [0.15, 0.2) is 57.7 Å². The zero-order valence-electron chi connectivity index (χ0n) is 17.5. The summed E-state index contributed by atoms with van der Waals surface area (Å²) in [4.78, 5) is 15.1. The summed E-state index contributed by atoms with van der Waals surface area (Å²) in [5.74, 6) is 1.68. The van der Waals surface area contributed by atoms with Crippen LogP contribution in [0.5, 0.6) is 11.5 Å². The van der Waals surface area contributed by atoms with Crippen molar-refractivity contribution >= 4 is 11.0 Å². The smallest absolute Gasteiger partial charge is 0.196 e. The Morgan fingerprint density at radius 3 is 2.53 bits per heavy atom. The van der Waals surface area contributed by atoms with E-state index in [1.807, 2.05) is 0 Å². The molecule has 0 spiro atoms. The lowest BCUT2D eigenvalue weighted by molar-refractivity contribution is 0.188. The zero-order valence-corrected chi connectivity index (χ0v) is 17.5. The Hall–Kier alpha value is -2.83. The van der Waals surface area contributed by atoms with Gasteiger partial charge in [0.2, 0.25) is 0 Å². The molecule has 1 N–H and O–H groups in total. The van der Waals surface area contributed by atoms with Gasteiger partial charge in [-0.05, 0) is 31.5 Å². The van der Waals surface area contributed by atoms with Gasteiger partial charge in [-0.3, -0.25) is 9.69 Å². The first-order valence-electron chi connectivity index (χ1n) is 10.3. The SMILES string of the molecule is COc1cc(OC)c2c(=O)cc(CNC3CCN(Cc4ccccc4)CC3)oc2c1. The fraction of sp³-hybridized carbons (Fsp3) is 0.375. The standard InChI is InChI=1S/C24H28N2O4/c1-28-19-13-22(29-2)24-21(27)12-20(30-23(24)14-19)15-25-18-8-10-26(11-9-18)16-17-6-4-3-5-7-17/h3-7,12-14,18,25H,8-11,15-16H2,1-2H3. The van der Waals surface area contributed by atoms with Crippen molar-refractivity contribution in [3.05, 3.63) is 70.1 Å². The van der Waals surface area contributed by atoms with Gasteiger partial charge in [0.05, 0.1) is 20.8 Å². The topological polar surface area (TPSA) is 63.9 Å². The van der Waals surface area contributed by atoms with Crippen molar-refractivity contribution in [2.24, 2.45) is 0 Å². The Morgan fingerprint density at radius 1 is 1.07 bits per heavy atom. The van der Waals surface area contributed by atoms with Crippen LogP contribution in [-0.2, 0) is 13.1 Å². The second-order valence-corrected chi connectivity index (χ2v) is 7.70. The van der Waals surface area contributed by atoms with Crippen molar-refractivity contribution < 1.29 is 13.9 Å². The Morgan fingerprint density at radius 2 is 1.83 bits per heavy atom. The molecule has 1 aliphatic heterocycles. The van der Waals surface area contributed by atoms with Crippen LogP contribution in [0.2, 0.25) is 0 Å². The molecular weight excluding hydrogens is 380 g/mol. The summed E-state index contributed by atoms with van der Waals surface area (Å²) in [6.07, 6.45) is 2.15. The van der Waals surface area contributed by atoms with E-state index >= 15 is 0 Å². The van der Waals surface area contributed by atoms with Gasteiger partial charge >= 0.3 is 0 Å². The molecule has 0 aliphatic carbocycles. The second kappa shape index (κ2) is 9.32. The van der Waals surface area contributed by atoms with E-state index in [1.165, 1.54) is 12.7 Å². The number of nitrogens with one attached hydrogen (secondary N) is 1. The largest absolute Gasteiger partial charge is 0.496 e. The van der Waals surface area contributed by atoms with Crippen molar-refractivity contribution in [2.75, 3.05) is 27.3 Å². The van der Waals surface area contributed by atoms with Gasteiger partial charge in [-0.1, -0.05) is 30.3 Å². The molecule has 1 aromatic heterocycles. The lowest BCUT2D eigenvalue weighted by Crippen LogP contribution is -2.41. The summed E-state index contributed by atoms with van der Waals surface area (Å²) < 4.78 is 16.6. The third-order valence-electron chi connectivity index (χ3n) is 5.68. The van der Waals surface area contributed by atoms with Crippen LogP contribution >= 0.6 is 0 Å². The Kier molecular flexibility index (Phi) is 6.35. The molecule has 0 unspecified atom stereocenters. The molecule has 6 heteroatoms. The highest BCUT2D eigenvalue weighted by molar-refractivity contribution is 5.85. The predicted octanol–water partition coefficient (Wildman–Crippen LogP) is 3.56. The number of fused-ring (bicyclic) bond motifs is 1. The maximum absolute atomic E-state index is 12.6. The van der Waals surface area contributed by atoms with Gasteiger partial charge in [-0.25, -0.2) is 0 Å². The summed E-state index contributed by atoms with van der Waals surface area (Å²) in [7, 11) is 3.11. The third-order valence-corrected chi connectivity index (χ3v) is 5.68. The van der Waals surface area contributed by atoms with Gasteiger partial charge in [-0.15, -0.1) is 0 Å². The number of benzene rings is 2. The zero-order chi connectivity index (χ0) is 20.9. The van der Waals surface area contributed by atoms with E-state index < -0.39 is 0 Å². The average Bonchev–Trinajstić information content (AvgIpc) is 2.78. The van der Waals surface area contributed by atoms with E-state index in [4.69, 9.17) is 13.9 Å². The van der Waals surface area contributed by atoms with Gasteiger partial charge < -0.3 is 19.2 Å². The molecule has 0 radical (unpaired) electrons. The Labute approximate surface area is 176 Å². The quantitative estimate of drug-likeness (QED) is 0.645. The van der Waals surface area contributed by atoms with Gasteiger partial charge in [0.25, 0.3) is 0 Å². The molecule has 0 atom stereocenters. The van der Waals surface area contributed by atoms with Crippen LogP contribution in [0.4, 0.5) is 0 Å². The normalized spacial score (nSPS) is 15.4. The number of nitrogens with zero attached hydrogens (tertiary/aromatic N) is 1. The molecule has 0 bridgehead atoms. The van der Waals surface area contributed by atoms with E-state index in [0.29, 0.717) is 40.8 Å².